The topological polar surface area (TPSA) is 79.4 Å². The molecule has 1 unspecified atom stereocenters. The van der Waals surface area contributed by atoms with E-state index in [0.29, 0.717) is 17.8 Å². The first-order valence-electron chi connectivity index (χ1n) is 8.11. The second kappa shape index (κ2) is 6.84. The van der Waals surface area contributed by atoms with Crippen molar-refractivity contribution in [3.05, 3.63) is 53.7 Å². The van der Waals surface area contributed by atoms with Gasteiger partial charge in [-0.1, -0.05) is 17.7 Å². The van der Waals surface area contributed by atoms with Crippen LogP contribution in [0.15, 0.2) is 42.6 Å². The summed E-state index contributed by atoms with van der Waals surface area (Å²) in [6.45, 7) is 1.99. The van der Waals surface area contributed by atoms with Gasteiger partial charge in [0.05, 0.1) is 11.5 Å². The molecular formula is C18H21N3O3S. The maximum Gasteiger partial charge on any atom is 0.255 e. The lowest BCUT2D eigenvalue weighted by Gasteiger charge is -2.24. The Morgan fingerprint density at radius 1 is 1.24 bits per heavy atom. The molecule has 2 aromatic rings. The zero-order valence-corrected chi connectivity index (χ0v) is 15.1. The molecule has 1 saturated heterocycles. The number of nitrogens with one attached hydrogen (secondary N) is 1. The van der Waals surface area contributed by atoms with Crippen molar-refractivity contribution in [1.82, 2.24) is 4.98 Å². The molecule has 7 heteroatoms. The molecule has 1 aromatic heterocycles. The van der Waals surface area contributed by atoms with E-state index in [1.807, 2.05) is 43.1 Å². The Morgan fingerprint density at radius 3 is 2.60 bits per heavy atom. The number of sulfone groups is 1. The van der Waals surface area contributed by atoms with Gasteiger partial charge in [-0.25, -0.2) is 13.4 Å². The van der Waals surface area contributed by atoms with E-state index in [9.17, 15) is 13.2 Å². The van der Waals surface area contributed by atoms with Crippen LogP contribution in [0.4, 0.5) is 11.5 Å². The molecule has 0 radical (unpaired) electrons. The van der Waals surface area contributed by atoms with Crippen LogP contribution in [0.5, 0.6) is 0 Å². The smallest absolute Gasteiger partial charge is 0.255 e. The Hall–Kier alpha value is -2.41. The zero-order chi connectivity index (χ0) is 18.0. The van der Waals surface area contributed by atoms with Crippen LogP contribution >= 0.6 is 0 Å². The van der Waals surface area contributed by atoms with Crippen LogP contribution in [-0.4, -0.2) is 43.9 Å². The fourth-order valence-corrected chi connectivity index (χ4v) is 4.63. The molecule has 1 aliphatic heterocycles. The Kier molecular flexibility index (Phi) is 4.76. The van der Waals surface area contributed by atoms with Gasteiger partial charge in [0.1, 0.15) is 5.82 Å². The number of pyridine rings is 1. The normalized spacial score (nSPS) is 18.7. The summed E-state index contributed by atoms with van der Waals surface area (Å²) in [5.41, 5.74) is 2.33. The Labute approximate surface area is 147 Å². The highest BCUT2D eigenvalue weighted by Gasteiger charge is 2.31. The molecule has 0 bridgehead atoms. The molecule has 2 heterocycles. The van der Waals surface area contributed by atoms with Crippen molar-refractivity contribution in [1.29, 1.82) is 0 Å². The molecule has 1 fully saturated rings. The number of hydrogen-bond donors (Lipinski definition) is 1. The maximum atomic E-state index is 12.4. The fourth-order valence-electron chi connectivity index (χ4n) is 2.86. The zero-order valence-electron chi connectivity index (χ0n) is 14.3. The number of nitrogens with zero attached hydrogens (tertiary/aromatic N) is 2. The summed E-state index contributed by atoms with van der Waals surface area (Å²) in [5, 5.41) is 2.85. The van der Waals surface area contributed by atoms with Gasteiger partial charge in [-0.15, -0.1) is 0 Å². The van der Waals surface area contributed by atoms with Crippen LogP contribution in [-0.2, 0) is 9.84 Å². The lowest BCUT2D eigenvalue weighted by Crippen LogP contribution is -2.33. The Morgan fingerprint density at radius 2 is 1.96 bits per heavy atom. The summed E-state index contributed by atoms with van der Waals surface area (Å²) in [5.74, 6) is 0.708. The number of aromatic nitrogens is 1. The van der Waals surface area contributed by atoms with Gasteiger partial charge in [0.25, 0.3) is 5.91 Å². The maximum absolute atomic E-state index is 12.4. The van der Waals surface area contributed by atoms with E-state index >= 15 is 0 Å². The van der Waals surface area contributed by atoms with Gasteiger partial charge in [0.15, 0.2) is 9.84 Å². The fraction of sp³-hybridized carbons (Fsp3) is 0.333. The molecule has 3 rings (SSSR count). The van der Waals surface area contributed by atoms with Crippen molar-refractivity contribution in [2.45, 2.75) is 19.4 Å². The molecule has 1 aliphatic rings. The largest absolute Gasteiger partial charge is 0.356 e. The van der Waals surface area contributed by atoms with Gasteiger partial charge in [-0.3, -0.25) is 4.79 Å². The van der Waals surface area contributed by atoms with Crippen molar-refractivity contribution in [2.24, 2.45) is 0 Å². The van der Waals surface area contributed by atoms with Crippen LogP contribution in [0, 0.1) is 6.92 Å². The van der Waals surface area contributed by atoms with Crippen molar-refractivity contribution < 1.29 is 13.2 Å². The van der Waals surface area contributed by atoms with Crippen LogP contribution in [0.25, 0.3) is 0 Å². The second-order valence-corrected chi connectivity index (χ2v) is 8.62. The number of hydrogen-bond acceptors (Lipinski definition) is 5. The van der Waals surface area contributed by atoms with Crippen LogP contribution in [0.2, 0.25) is 0 Å². The molecule has 0 spiro atoms. The number of amides is 1. The van der Waals surface area contributed by atoms with Gasteiger partial charge in [-0.05, 0) is 37.6 Å². The van der Waals surface area contributed by atoms with Crippen molar-refractivity contribution in [3.8, 4) is 0 Å². The number of rotatable bonds is 4. The molecule has 1 atom stereocenters. The standard InChI is InChI=1S/C18H21N3O3S/c1-13-3-5-15(6-4-13)20-18(22)14-7-9-19-17(11-14)21(2)16-8-10-25(23,24)12-16/h3-7,9,11,16H,8,10,12H2,1-2H3,(H,20,22). The molecule has 0 saturated carbocycles. The number of aryl methyl sites for hydroxylation is 1. The van der Waals surface area contributed by atoms with E-state index in [1.54, 1.807) is 18.3 Å². The average Bonchev–Trinajstić information content (AvgIpc) is 2.96. The third-order valence-electron chi connectivity index (χ3n) is 4.43. The third-order valence-corrected chi connectivity index (χ3v) is 6.18. The average molecular weight is 359 g/mol. The lowest BCUT2D eigenvalue weighted by molar-refractivity contribution is 0.102. The summed E-state index contributed by atoms with van der Waals surface area (Å²) < 4.78 is 23.3. The molecule has 0 aliphatic carbocycles. The highest BCUT2D eigenvalue weighted by molar-refractivity contribution is 7.91. The minimum absolute atomic E-state index is 0.104. The van der Waals surface area contributed by atoms with Crippen LogP contribution in [0.3, 0.4) is 0 Å². The van der Waals surface area contributed by atoms with E-state index in [1.165, 1.54) is 0 Å². The first-order chi connectivity index (χ1) is 11.8. The molecule has 1 aromatic carbocycles. The molecule has 25 heavy (non-hydrogen) atoms. The Balaban J connectivity index is 1.74. The predicted octanol–water partition coefficient (Wildman–Crippen LogP) is 2.27. The summed E-state index contributed by atoms with van der Waals surface area (Å²) in [4.78, 5) is 18.6. The number of carbonyl (C=O) groups is 1. The van der Waals surface area contributed by atoms with Crippen molar-refractivity contribution in [3.63, 3.8) is 0 Å². The van der Waals surface area contributed by atoms with Crippen molar-refractivity contribution in [2.75, 3.05) is 28.8 Å². The van der Waals surface area contributed by atoms with E-state index in [2.05, 4.69) is 10.3 Å². The minimum Gasteiger partial charge on any atom is -0.356 e. The third kappa shape index (κ3) is 4.17. The number of benzene rings is 1. The predicted molar refractivity (Wildman–Crippen MR) is 98.8 cm³/mol. The molecule has 132 valence electrons. The van der Waals surface area contributed by atoms with E-state index in [4.69, 9.17) is 0 Å². The van der Waals surface area contributed by atoms with E-state index in [0.717, 1.165) is 11.3 Å². The monoisotopic (exact) mass is 359 g/mol. The number of anilines is 2. The van der Waals surface area contributed by atoms with Gasteiger partial charge in [0.2, 0.25) is 0 Å². The second-order valence-electron chi connectivity index (χ2n) is 6.39. The van der Waals surface area contributed by atoms with Gasteiger partial charge >= 0.3 is 0 Å². The van der Waals surface area contributed by atoms with Crippen LogP contribution < -0.4 is 10.2 Å². The first kappa shape index (κ1) is 17.4. The van der Waals surface area contributed by atoms with Gasteiger partial charge < -0.3 is 10.2 Å². The minimum atomic E-state index is -2.97. The lowest BCUT2D eigenvalue weighted by atomic mass is 10.2. The van der Waals surface area contributed by atoms with Crippen molar-refractivity contribution >= 4 is 27.2 Å². The molecule has 1 amide bonds. The summed E-state index contributed by atoms with van der Waals surface area (Å²) in [6, 6.07) is 10.8. The highest BCUT2D eigenvalue weighted by Crippen LogP contribution is 2.22. The molecule has 1 N–H and O–H groups in total. The molecular weight excluding hydrogens is 338 g/mol. The highest BCUT2D eigenvalue weighted by atomic mass is 32.2. The molecule has 6 nitrogen and oxygen atoms in total. The van der Waals surface area contributed by atoms with Gasteiger partial charge in [-0.2, -0.15) is 0 Å². The Bertz CT molecular complexity index is 879. The summed E-state index contributed by atoms with van der Waals surface area (Å²) >= 11 is 0. The van der Waals surface area contributed by atoms with Gasteiger partial charge in [0, 0.05) is 30.5 Å². The quantitative estimate of drug-likeness (QED) is 0.906. The first-order valence-corrected chi connectivity index (χ1v) is 9.93. The van der Waals surface area contributed by atoms with E-state index in [-0.39, 0.29) is 23.5 Å². The number of carbonyl (C=O) groups excluding carboxylic acids is 1. The summed E-state index contributed by atoms with van der Waals surface area (Å²) in [6.07, 6.45) is 2.15. The van der Waals surface area contributed by atoms with Crippen LogP contribution in [0.1, 0.15) is 22.3 Å². The SMILES string of the molecule is Cc1ccc(NC(=O)c2ccnc(N(C)C3CCS(=O)(=O)C3)c2)cc1. The van der Waals surface area contributed by atoms with E-state index < -0.39 is 9.84 Å². The summed E-state index contributed by atoms with van der Waals surface area (Å²) in [7, 11) is -1.15.